The molecule has 0 unspecified atom stereocenters. The van der Waals surface area contributed by atoms with Crippen LogP contribution in [0.1, 0.15) is 0 Å². The Morgan fingerprint density at radius 3 is 1.83 bits per heavy atom. The van der Waals surface area contributed by atoms with Crippen molar-refractivity contribution in [1.29, 1.82) is 0 Å². The largest absolute Gasteiger partial charge is 0.285 e. The molecule has 1 aliphatic heterocycles. The maximum Gasteiger partial charge on any atom is 0.178 e. The van der Waals surface area contributed by atoms with Gasteiger partial charge in [0.1, 0.15) is 5.11 Å². The van der Waals surface area contributed by atoms with E-state index in [1.54, 1.807) is 0 Å². The summed E-state index contributed by atoms with van der Waals surface area (Å²) in [7, 11) is 0. The van der Waals surface area contributed by atoms with Crippen molar-refractivity contribution in [2.45, 2.75) is 0 Å². The first-order chi connectivity index (χ1) is 2.80. The molecule has 0 spiro atoms. The Morgan fingerprint density at radius 1 is 1.33 bits per heavy atom. The second-order valence-corrected chi connectivity index (χ2v) is 1.99. The molecule has 1 saturated heterocycles. The Labute approximate surface area is 37.3 Å². The number of nitrogens with two attached hydrogens (primary N) is 2. The van der Waals surface area contributed by atoms with Crippen molar-refractivity contribution in [3.8, 4) is 0 Å². The minimum Gasteiger partial charge on any atom is -0.285 e. The van der Waals surface area contributed by atoms with Gasteiger partial charge in [0.05, 0.1) is 0 Å². The average molecular weight is 108 g/mol. The monoisotopic (exact) mass is 108 g/mol. The van der Waals surface area contributed by atoms with Gasteiger partial charge in [0, 0.05) is 0 Å². The van der Waals surface area contributed by atoms with Gasteiger partial charge >= 0.3 is 0 Å². The van der Waals surface area contributed by atoms with E-state index in [1.807, 2.05) is 0 Å². The number of rotatable bonds is 0. The quantitative estimate of drug-likeness (QED) is 0.238. The summed E-state index contributed by atoms with van der Waals surface area (Å²) in [5.41, 5.74) is 9.91. The fourth-order valence-electron chi connectivity index (χ4n) is 0.0925. The molecule has 0 saturated carbocycles. The molecule has 0 aliphatic carbocycles. The summed E-state index contributed by atoms with van der Waals surface area (Å²) >= 11 is -0.645. The van der Waals surface area contributed by atoms with E-state index in [2.05, 4.69) is 8.67 Å². The molecule has 6 heavy (non-hydrogen) atoms. The molecule has 1 rings (SSSR count). The second kappa shape index (κ2) is 1.28. The maximum absolute atomic E-state index is 4.95. The SMILES string of the molecule is NC(N)=S1OO1. The molecular formula is CH4N2O2S. The molecule has 0 bridgehead atoms. The molecule has 0 aromatic carbocycles. The van der Waals surface area contributed by atoms with Crippen molar-refractivity contribution in [3.63, 3.8) is 0 Å². The molecule has 1 heterocycles. The Hall–Kier alpha value is 0.0600. The summed E-state index contributed by atoms with van der Waals surface area (Å²) in [6, 6.07) is 0. The topological polar surface area (TPSA) is 77.1 Å². The van der Waals surface area contributed by atoms with Gasteiger partial charge in [-0.2, -0.15) is 0 Å². The van der Waals surface area contributed by atoms with Crippen LogP contribution in [0.5, 0.6) is 0 Å². The number of hydrogen-bond donors (Lipinski definition) is 2. The maximum atomic E-state index is 4.95. The zero-order valence-electron chi connectivity index (χ0n) is 2.88. The van der Waals surface area contributed by atoms with E-state index in [4.69, 9.17) is 11.5 Å². The third kappa shape index (κ3) is 0.763. The van der Waals surface area contributed by atoms with Crippen LogP contribution in [0.25, 0.3) is 0 Å². The van der Waals surface area contributed by atoms with Gasteiger partial charge in [0.2, 0.25) is 0 Å². The van der Waals surface area contributed by atoms with Crippen molar-refractivity contribution in [2.75, 3.05) is 0 Å². The van der Waals surface area contributed by atoms with Crippen LogP contribution in [-0.4, -0.2) is 5.11 Å². The summed E-state index contributed by atoms with van der Waals surface area (Å²) < 4.78 is 8.42. The highest BCUT2D eigenvalue weighted by Crippen LogP contribution is 2.33. The molecule has 0 atom stereocenters. The highest BCUT2D eigenvalue weighted by atomic mass is 32.2. The smallest absolute Gasteiger partial charge is 0.178 e. The predicted octanol–water partition coefficient (Wildman–Crippen LogP) is -0.948. The standard InChI is InChI=1S/CH4N2O2S/c2-1(3)6-4-5-6/h2-3H2. The third-order valence-electron chi connectivity index (χ3n) is 0.329. The lowest BCUT2D eigenvalue weighted by atomic mass is 11.3. The van der Waals surface area contributed by atoms with E-state index in [1.165, 1.54) is 0 Å². The van der Waals surface area contributed by atoms with Crippen LogP contribution in [0.2, 0.25) is 0 Å². The molecule has 0 aromatic heterocycles. The second-order valence-electron chi connectivity index (χ2n) is 0.773. The molecule has 4 nitrogen and oxygen atoms in total. The molecule has 0 amide bonds. The molecular weight excluding hydrogens is 104 g/mol. The minimum absolute atomic E-state index is 0.204. The van der Waals surface area contributed by atoms with Gasteiger partial charge < -0.3 is 0 Å². The van der Waals surface area contributed by atoms with Crippen molar-refractivity contribution in [3.05, 3.63) is 0 Å². The van der Waals surface area contributed by atoms with Gasteiger partial charge in [-0.1, -0.05) is 0 Å². The first-order valence-corrected chi connectivity index (χ1v) is 2.36. The zero-order valence-corrected chi connectivity index (χ0v) is 3.70. The van der Waals surface area contributed by atoms with Gasteiger partial charge in [0.25, 0.3) is 0 Å². The first kappa shape index (κ1) is 4.23. The van der Waals surface area contributed by atoms with E-state index in [-0.39, 0.29) is 5.11 Å². The van der Waals surface area contributed by atoms with Crippen LogP contribution in [0.4, 0.5) is 0 Å². The minimum atomic E-state index is -0.645. The molecule has 36 valence electrons. The lowest BCUT2D eigenvalue weighted by Gasteiger charge is -1.71. The summed E-state index contributed by atoms with van der Waals surface area (Å²) in [4.78, 5) is 0. The predicted molar refractivity (Wildman–Crippen MR) is 23.1 cm³/mol. The summed E-state index contributed by atoms with van der Waals surface area (Å²) in [5, 5.41) is 0.204. The van der Waals surface area contributed by atoms with Crippen LogP contribution < -0.4 is 11.5 Å². The summed E-state index contributed by atoms with van der Waals surface area (Å²) in [5.74, 6) is 0. The van der Waals surface area contributed by atoms with Crippen LogP contribution >= 0.6 is 11.0 Å². The average Bonchev–Trinajstić information content (AvgIpc) is 2.06. The van der Waals surface area contributed by atoms with E-state index < -0.39 is 11.0 Å². The fraction of sp³-hybridized carbons (Fsp3) is 0. The van der Waals surface area contributed by atoms with Gasteiger partial charge in [-0.15, -0.1) is 8.67 Å². The Bertz CT molecular complexity index is 89.7. The molecule has 5 heteroatoms. The van der Waals surface area contributed by atoms with Gasteiger partial charge in [0.15, 0.2) is 11.0 Å². The summed E-state index contributed by atoms with van der Waals surface area (Å²) in [6.07, 6.45) is 0. The Morgan fingerprint density at radius 2 is 1.83 bits per heavy atom. The van der Waals surface area contributed by atoms with Crippen molar-refractivity contribution >= 4 is 16.2 Å². The van der Waals surface area contributed by atoms with E-state index in [0.29, 0.717) is 0 Å². The molecule has 4 N–H and O–H groups in total. The lowest BCUT2D eigenvalue weighted by Crippen LogP contribution is -2.20. The highest BCUT2D eigenvalue weighted by Gasteiger charge is 2.16. The van der Waals surface area contributed by atoms with E-state index in [0.717, 1.165) is 0 Å². The van der Waals surface area contributed by atoms with Gasteiger partial charge in [-0.05, 0) is 0 Å². The van der Waals surface area contributed by atoms with Crippen LogP contribution in [0.15, 0.2) is 0 Å². The van der Waals surface area contributed by atoms with Crippen LogP contribution in [-0.2, 0) is 8.67 Å². The molecule has 0 aromatic rings. The summed E-state index contributed by atoms with van der Waals surface area (Å²) in [6.45, 7) is 0. The Kier molecular flexibility index (Phi) is 0.904. The van der Waals surface area contributed by atoms with Crippen LogP contribution in [0, 0.1) is 0 Å². The number of hydrogen-bond acceptors (Lipinski definition) is 2. The normalized spacial score (nSPS) is 21.0. The molecule has 0 radical (unpaired) electrons. The third-order valence-corrected chi connectivity index (χ3v) is 0.986. The Balaban J connectivity index is 2.61. The van der Waals surface area contributed by atoms with E-state index in [9.17, 15) is 0 Å². The van der Waals surface area contributed by atoms with Crippen LogP contribution in [0.3, 0.4) is 0 Å². The van der Waals surface area contributed by atoms with Crippen molar-refractivity contribution < 1.29 is 8.67 Å². The molecule has 1 aliphatic rings. The first-order valence-electron chi connectivity index (χ1n) is 1.28. The van der Waals surface area contributed by atoms with Crippen molar-refractivity contribution in [1.82, 2.24) is 0 Å². The van der Waals surface area contributed by atoms with Crippen molar-refractivity contribution in [2.24, 2.45) is 11.5 Å². The van der Waals surface area contributed by atoms with Gasteiger partial charge in [-0.25, -0.2) is 0 Å². The fourth-order valence-corrected chi connectivity index (χ4v) is 0.361. The van der Waals surface area contributed by atoms with E-state index >= 15 is 0 Å². The zero-order chi connectivity index (χ0) is 4.57. The molecule has 1 fully saturated rings. The highest BCUT2D eigenvalue weighted by molar-refractivity contribution is 8.11. The van der Waals surface area contributed by atoms with Gasteiger partial charge in [-0.3, -0.25) is 11.5 Å². The lowest BCUT2D eigenvalue weighted by molar-refractivity contribution is 0.0850.